The summed E-state index contributed by atoms with van der Waals surface area (Å²) in [5.74, 6) is 0.293. The molecule has 1 heterocycles. The molecule has 17 heavy (non-hydrogen) atoms. The van der Waals surface area contributed by atoms with Crippen LogP contribution in [0.15, 0.2) is 0 Å². The van der Waals surface area contributed by atoms with Crippen LogP contribution in [0.1, 0.15) is 32.6 Å². The van der Waals surface area contributed by atoms with Gasteiger partial charge in [0.25, 0.3) is 0 Å². The van der Waals surface area contributed by atoms with E-state index in [1.165, 1.54) is 6.42 Å². The second kappa shape index (κ2) is 5.83. The molecular weight excluding hydrogens is 214 g/mol. The van der Waals surface area contributed by atoms with E-state index in [1.54, 1.807) is 0 Å². The first-order valence-corrected chi connectivity index (χ1v) is 6.98. The fourth-order valence-corrected chi connectivity index (χ4v) is 2.79. The Balaban J connectivity index is 1.65. The van der Waals surface area contributed by atoms with Crippen molar-refractivity contribution in [3.8, 4) is 0 Å². The second-order valence-corrected chi connectivity index (χ2v) is 5.33. The first kappa shape index (κ1) is 12.8. The zero-order valence-corrected chi connectivity index (χ0v) is 10.9. The van der Waals surface area contributed by atoms with Gasteiger partial charge in [0.2, 0.25) is 5.91 Å². The van der Waals surface area contributed by atoms with Gasteiger partial charge in [0, 0.05) is 44.7 Å². The number of nitrogens with zero attached hydrogens (tertiary/aromatic N) is 1. The minimum atomic E-state index is -0.0105. The van der Waals surface area contributed by atoms with E-state index in [0.29, 0.717) is 5.91 Å². The van der Waals surface area contributed by atoms with Crippen LogP contribution in [-0.4, -0.2) is 50.1 Å². The molecule has 1 aliphatic carbocycles. The van der Waals surface area contributed by atoms with Gasteiger partial charge in [-0.1, -0.05) is 13.3 Å². The van der Waals surface area contributed by atoms with Gasteiger partial charge in [-0.25, -0.2) is 0 Å². The van der Waals surface area contributed by atoms with E-state index < -0.39 is 0 Å². The lowest BCUT2D eigenvalue weighted by Crippen LogP contribution is -2.49. The molecule has 0 aromatic rings. The highest BCUT2D eigenvalue weighted by Gasteiger charge is 2.41. The number of hydrogen-bond acceptors (Lipinski definition) is 3. The van der Waals surface area contributed by atoms with Crippen molar-refractivity contribution in [1.29, 1.82) is 0 Å². The molecule has 1 aliphatic heterocycles. The highest BCUT2D eigenvalue weighted by Crippen LogP contribution is 2.43. The highest BCUT2D eigenvalue weighted by molar-refractivity contribution is 5.83. The summed E-state index contributed by atoms with van der Waals surface area (Å²) in [4.78, 5) is 14.5. The maximum absolute atomic E-state index is 12.1. The second-order valence-electron chi connectivity index (χ2n) is 5.33. The van der Waals surface area contributed by atoms with E-state index in [2.05, 4.69) is 22.5 Å². The minimum Gasteiger partial charge on any atom is -0.354 e. The van der Waals surface area contributed by atoms with Gasteiger partial charge in [-0.05, 0) is 19.3 Å². The summed E-state index contributed by atoms with van der Waals surface area (Å²) in [5, 5.41) is 6.46. The van der Waals surface area contributed by atoms with Crippen LogP contribution in [0.25, 0.3) is 0 Å². The summed E-state index contributed by atoms with van der Waals surface area (Å²) in [6.07, 6.45) is 4.39. The summed E-state index contributed by atoms with van der Waals surface area (Å²) in [7, 11) is 0. The molecule has 1 saturated carbocycles. The van der Waals surface area contributed by atoms with Crippen LogP contribution in [-0.2, 0) is 4.79 Å². The van der Waals surface area contributed by atoms with Crippen LogP contribution in [0.5, 0.6) is 0 Å². The van der Waals surface area contributed by atoms with Crippen molar-refractivity contribution in [1.82, 2.24) is 15.5 Å². The molecule has 0 aromatic carbocycles. The first-order chi connectivity index (χ1) is 8.27. The molecule has 0 atom stereocenters. The molecule has 2 N–H and O–H groups in total. The Hall–Kier alpha value is -0.610. The van der Waals surface area contributed by atoms with Gasteiger partial charge in [0.1, 0.15) is 0 Å². The zero-order chi connectivity index (χ0) is 12.1. The van der Waals surface area contributed by atoms with E-state index in [1.807, 2.05) is 0 Å². The predicted molar refractivity (Wildman–Crippen MR) is 68.9 cm³/mol. The Kier molecular flexibility index (Phi) is 4.40. The summed E-state index contributed by atoms with van der Waals surface area (Å²) >= 11 is 0. The van der Waals surface area contributed by atoms with Gasteiger partial charge >= 0.3 is 0 Å². The molecule has 0 radical (unpaired) electrons. The smallest absolute Gasteiger partial charge is 0.226 e. The number of carbonyl (C=O) groups is 1. The van der Waals surface area contributed by atoms with Gasteiger partial charge in [-0.2, -0.15) is 0 Å². The van der Waals surface area contributed by atoms with E-state index in [0.717, 1.165) is 58.5 Å². The summed E-state index contributed by atoms with van der Waals surface area (Å²) in [6.45, 7) is 8.30. The van der Waals surface area contributed by atoms with Crippen molar-refractivity contribution >= 4 is 5.91 Å². The van der Waals surface area contributed by atoms with Gasteiger partial charge in [-0.3, -0.25) is 9.69 Å². The van der Waals surface area contributed by atoms with Crippen molar-refractivity contribution < 1.29 is 4.79 Å². The largest absolute Gasteiger partial charge is 0.354 e. The lowest BCUT2D eigenvalue weighted by molar-refractivity contribution is -0.136. The molecule has 1 saturated heterocycles. The van der Waals surface area contributed by atoms with Gasteiger partial charge < -0.3 is 10.6 Å². The molecule has 98 valence electrons. The van der Waals surface area contributed by atoms with Gasteiger partial charge in [0.15, 0.2) is 0 Å². The molecule has 0 aromatic heterocycles. The topological polar surface area (TPSA) is 44.4 Å². The van der Waals surface area contributed by atoms with Crippen LogP contribution in [0.2, 0.25) is 0 Å². The molecule has 2 aliphatic rings. The lowest BCUT2D eigenvalue weighted by Gasteiger charge is -2.39. The number of piperazine rings is 1. The zero-order valence-electron chi connectivity index (χ0n) is 10.9. The molecule has 4 nitrogen and oxygen atoms in total. The Bertz CT molecular complexity index is 252. The Morgan fingerprint density at radius 3 is 2.59 bits per heavy atom. The van der Waals surface area contributed by atoms with E-state index in [-0.39, 0.29) is 5.41 Å². The standard InChI is InChI=1S/C13H25N3O/c1-2-13(4-3-5-13)12(17)15-8-11-16-9-6-14-7-10-16/h14H,2-11H2,1H3,(H,15,17). The number of nitrogens with one attached hydrogen (secondary N) is 2. The van der Waals surface area contributed by atoms with Crippen molar-refractivity contribution in [2.24, 2.45) is 5.41 Å². The fourth-order valence-electron chi connectivity index (χ4n) is 2.79. The number of rotatable bonds is 5. The third kappa shape index (κ3) is 2.99. The van der Waals surface area contributed by atoms with Crippen LogP contribution in [0, 0.1) is 5.41 Å². The maximum atomic E-state index is 12.1. The maximum Gasteiger partial charge on any atom is 0.226 e. The van der Waals surface area contributed by atoms with E-state index in [4.69, 9.17) is 0 Å². The third-order valence-electron chi connectivity index (χ3n) is 4.39. The summed E-state index contributed by atoms with van der Waals surface area (Å²) < 4.78 is 0. The van der Waals surface area contributed by atoms with E-state index >= 15 is 0 Å². The molecule has 4 heteroatoms. The number of amides is 1. The fraction of sp³-hybridized carbons (Fsp3) is 0.923. The SMILES string of the molecule is CCC1(C(=O)NCCN2CCNCC2)CCC1. The third-order valence-corrected chi connectivity index (χ3v) is 4.39. The van der Waals surface area contributed by atoms with Crippen LogP contribution in [0.3, 0.4) is 0 Å². The van der Waals surface area contributed by atoms with Gasteiger partial charge in [-0.15, -0.1) is 0 Å². The molecular formula is C13H25N3O. The van der Waals surface area contributed by atoms with E-state index in [9.17, 15) is 4.79 Å². The normalized spacial score (nSPS) is 24.1. The molecule has 2 fully saturated rings. The van der Waals surface area contributed by atoms with Crippen LogP contribution < -0.4 is 10.6 Å². The average Bonchev–Trinajstić information content (AvgIpc) is 2.30. The van der Waals surface area contributed by atoms with Crippen molar-refractivity contribution in [3.05, 3.63) is 0 Å². The molecule has 0 bridgehead atoms. The average molecular weight is 239 g/mol. The highest BCUT2D eigenvalue weighted by atomic mass is 16.2. The molecule has 0 unspecified atom stereocenters. The molecule has 2 rings (SSSR count). The summed E-state index contributed by atoms with van der Waals surface area (Å²) in [6, 6.07) is 0. The molecule has 1 amide bonds. The minimum absolute atomic E-state index is 0.0105. The van der Waals surface area contributed by atoms with Crippen molar-refractivity contribution in [2.75, 3.05) is 39.3 Å². The monoisotopic (exact) mass is 239 g/mol. The predicted octanol–water partition coefficient (Wildman–Crippen LogP) is 0.588. The number of hydrogen-bond donors (Lipinski definition) is 2. The van der Waals surface area contributed by atoms with Crippen LogP contribution in [0.4, 0.5) is 0 Å². The van der Waals surface area contributed by atoms with Gasteiger partial charge in [0.05, 0.1) is 0 Å². The molecule has 0 spiro atoms. The first-order valence-electron chi connectivity index (χ1n) is 6.98. The lowest BCUT2D eigenvalue weighted by atomic mass is 9.66. The van der Waals surface area contributed by atoms with Crippen molar-refractivity contribution in [2.45, 2.75) is 32.6 Å². The quantitative estimate of drug-likeness (QED) is 0.738. The Morgan fingerprint density at radius 2 is 2.06 bits per heavy atom. The summed E-state index contributed by atoms with van der Waals surface area (Å²) in [5.41, 5.74) is -0.0105. The van der Waals surface area contributed by atoms with Crippen LogP contribution >= 0.6 is 0 Å². The van der Waals surface area contributed by atoms with Crippen molar-refractivity contribution in [3.63, 3.8) is 0 Å². The Morgan fingerprint density at radius 1 is 1.35 bits per heavy atom. The number of carbonyl (C=O) groups excluding carboxylic acids is 1. The Labute approximate surface area is 104 Å².